The van der Waals surface area contributed by atoms with E-state index < -0.39 is 0 Å². The van der Waals surface area contributed by atoms with Crippen molar-refractivity contribution < 1.29 is 4.74 Å². The Morgan fingerprint density at radius 2 is 2.00 bits per heavy atom. The van der Waals surface area contributed by atoms with Crippen molar-refractivity contribution in [3.63, 3.8) is 0 Å². The molecule has 4 heteroatoms. The molecule has 0 saturated carbocycles. The summed E-state index contributed by atoms with van der Waals surface area (Å²) in [6.45, 7) is 3.13. The molecule has 2 rings (SSSR count). The number of benzene rings is 1. The first-order chi connectivity index (χ1) is 10.2. The van der Waals surface area contributed by atoms with E-state index in [0.29, 0.717) is 0 Å². The fourth-order valence-corrected chi connectivity index (χ4v) is 2.54. The highest BCUT2D eigenvalue weighted by Gasteiger charge is 2.17. The quantitative estimate of drug-likeness (QED) is 0.816. The van der Waals surface area contributed by atoms with Crippen LogP contribution in [0.3, 0.4) is 0 Å². The molecule has 0 radical (unpaired) electrons. The van der Waals surface area contributed by atoms with Crippen LogP contribution in [0.2, 0.25) is 0 Å². The molecule has 2 aromatic rings. The van der Waals surface area contributed by atoms with Crippen molar-refractivity contribution in [2.24, 2.45) is 0 Å². The molecule has 0 spiro atoms. The number of halogens is 1. The fraction of sp³-hybridized carbons (Fsp3) is 0.353. The minimum atomic E-state index is 0.155. The lowest BCUT2D eigenvalue weighted by atomic mass is 10.0. The highest BCUT2D eigenvalue weighted by atomic mass is 79.9. The lowest BCUT2D eigenvalue weighted by molar-refractivity contribution is 0.393. The Hall–Kier alpha value is -1.39. The summed E-state index contributed by atoms with van der Waals surface area (Å²) in [4.78, 5) is 4.52. The number of ether oxygens (including phenoxy) is 1. The fourth-order valence-electron chi connectivity index (χ4n) is 2.28. The molecule has 3 nitrogen and oxygen atoms in total. The highest BCUT2D eigenvalue weighted by molar-refractivity contribution is 9.10. The van der Waals surface area contributed by atoms with Crippen LogP contribution in [0, 0.1) is 0 Å². The van der Waals surface area contributed by atoms with E-state index in [1.807, 2.05) is 18.3 Å². The van der Waals surface area contributed by atoms with Crippen LogP contribution in [-0.2, 0) is 6.42 Å². The second kappa shape index (κ2) is 8.15. The molecule has 21 heavy (non-hydrogen) atoms. The maximum absolute atomic E-state index is 5.45. The van der Waals surface area contributed by atoms with Crippen molar-refractivity contribution >= 4 is 15.9 Å². The van der Waals surface area contributed by atoms with Crippen LogP contribution in [0.4, 0.5) is 0 Å². The van der Waals surface area contributed by atoms with Crippen LogP contribution in [0.15, 0.2) is 47.1 Å². The summed E-state index contributed by atoms with van der Waals surface area (Å²) in [5, 5.41) is 3.57. The summed E-state index contributed by atoms with van der Waals surface area (Å²) in [6.07, 6.45) is 3.80. The van der Waals surface area contributed by atoms with Gasteiger partial charge in [0.15, 0.2) is 0 Å². The van der Waals surface area contributed by atoms with Gasteiger partial charge in [-0.1, -0.05) is 35.0 Å². The van der Waals surface area contributed by atoms with Gasteiger partial charge < -0.3 is 10.1 Å². The molecule has 0 aliphatic rings. The van der Waals surface area contributed by atoms with Gasteiger partial charge >= 0.3 is 0 Å². The van der Waals surface area contributed by atoms with Gasteiger partial charge in [-0.2, -0.15) is 0 Å². The van der Waals surface area contributed by atoms with E-state index in [0.717, 1.165) is 35.3 Å². The van der Waals surface area contributed by atoms with Gasteiger partial charge in [0.05, 0.1) is 18.8 Å². The van der Waals surface area contributed by atoms with Crippen molar-refractivity contribution in [1.29, 1.82) is 0 Å². The zero-order valence-electron chi connectivity index (χ0n) is 12.5. The topological polar surface area (TPSA) is 34.2 Å². The predicted octanol–water partition coefficient (Wildman–Crippen LogP) is 4.14. The van der Waals surface area contributed by atoms with E-state index in [2.05, 4.69) is 57.4 Å². The van der Waals surface area contributed by atoms with Crippen LogP contribution >= 0.6 is 15.9 Å². The average molecular weight is 349 g/mol. The Bertz CT molecular complexity index is 557. The number of rotatable bonds is 7. The van der Waals surface area contributed by atoms with E-state index in [1.54, 1.807) is 7.11 Å². The Morgan fingerprint density at radius 3 is 2.67 bits per heavy atom. The largest absolute Gasteiger partial charge is 0.495 e. The molecule has 1 atom stereocenters. The molecular formula is C17H21BrN2O. The van der Waals surface area contributed by atoms with E-state index >= 15 is 0 Å². The Balaban J connectivity index is 2.23. The van der Waals surface area contributed by atoms with Gasteiger partial charge in [-0.15, -0.1) is 0 Å². The van der Waals surface area contributed by atoms with Gasteiger partial charge in [0.25, 0.3) is 0 Å². The number of methoxy groups -OCH3 is 1. The number of aromatic nitrogens is 1. The Labute approximate surface area is 134 Å². The zero-order valence-corrected chi connectivity index (χ0v) is 14.1. The van der Waals surface area contributed by atoms with Crippen molar-refractivity contribution in [2.45, 2.75) is 25.8 Å². The Morgan fingerprint density at radius 1 is 1.24 bits per heavy atom. The lowest BCUT2D eigenvalue weighted by Gasteiger charge is -2.20. The van der Waals surface area contributed by atoms with E-state index in [4.69, 9.17) is 4.74 Å². The smallest absolute Gasteiger partial charge is 0.141 e. The Kier molecular flexibility index (Phi) is 6.21. The summed E-state index contributed by atoms with van der Waals surface area (Å²) < 4.78 is 6.55. The van der Waals surface area contributed by atoms with Gasteiger partial charge in [-0.3, -0.25) is 4.98 Å². The third-order valence-electron chi connectivity index (χ3n) is 3.34. The van der Waals surface area contributed by atoms with Crippen LogP contribution in [0.5, 0.6) is 5.75 Å². The van der Waals surface area contributed by atoms with Crippen molar-refractivity contribution in [1.82, 2.24) is 10.3 Å². The van der Waals surface area contributed by atoms with E-state index in [9.17, 15) is 0 Å². The van der Waals surface area contributed by atoms with Crippen LogP contribution in [0.1, 0.15) is 30.6 Å². The number of nitrogens with one attached hydrogen (secondary N) is 1. The van der Waals surface area contributed by atoms with Crippen LogP contribution in [0.25, 0.3) is 0 Å². The first kappa shape index (κ1) is 16.0. The number of pyridine rings is 1. The standard InChI is InChI=1S/C17H21BrN2O/c1-3-10-19-15(12-13-6-8-14(18)9-7-13)17-16(21-2)5-4-11-20-17/h4-9,11,15,19H,3,10,12H2,1-2H3. The molecular weight excluding hydrogens is 328 g/mol. The monoisotopic (exact) mass is 348 g/mol. The van der Waals surface area contributed by atoms with E-state index in [-0.39, 0.29) is 6.04 Å². The average Bonchev–Trinajstić information content (AvgIpc) is 2.53. The number of nitrogens with zero attached hydrogens (tertiary/aromatic N) is 1. The maximum Gasteiger partial charge on any atom is 0.141 e. The molecule has 1 aromatic heterocycles. The summed E-state index contributed by atoms with van der Waals surface area (Å²) in [5.41, 5.74) is 2.25. The first-order valence-corrected chi connectivity index (χ1v) is 8.00. The minimum Gasteiger partial charge on any atom is -0.495 e. The SMILES string of the molecule is CCCNC(Cc1ccc(Br)cc1)c1ncccc1OC. The predicted molar refractivity (Wildman–Crippen MR) is 89.7 cm³/mol. The van der Waals surface area contributed by atoms with Crippen molar-refractivity contribution in [3.8, 4) is 5.75 Å². The van der Waals surface area contributed by atoms with Gasteiger partial charge in [-0.05, 0) is 49.2 Å². The summed E-state index contributed by atoms with van der Waals surface area (Å²) >= 11 is 3.47. The third kappa shape index (κ3) is 4.55. The molecule has 112 valence electrons. The molecule has 1 unspecified atom stereocenters. The van der Waals surface area contributed by atoms with Crippen LogP contribution in [-0.4, -0.2) is 18.6 Å². The first-order valence-electron chi connectivity index (χ1n) is 7.21. The zero-order chi connectivity index (χ0) is 15.1. The molecule has 0 bridgehead atoms. The molecule has 1 N–H and O–H groups in total. The lowest BCUT2D eigenvalue weighted by Crippen LogP contribution is -2.25. The minimum absolute atomic E-state index is 0.155. The molecule has 1 heterocycles. The van der Waals surface area contributed by atoms with Gasteiger partial charge in [0.1, 0.15) is 5.75 Å². The molecule has 0 fully saturated rings. The van der Waals surface area contributed by atoms with Gasteiger partial charge in [0.2, 0.25) is 0 Å². The molecule has 0 saturated heterocycles. The van der Waals surface area contributed by atoms with Crippen LogP contribution < -0.4 is 10.1 Å². The molecule has 0 amide bonds. The summed E-state index contributed by atoms with van der Waals surface area (Å²) in [5.74, 6) is 0.836. The molecule has 0 aliphatic carbocycles. The number of hydrogen-bond donors (Lipinski definition) is 1. The number of hydrogen-bond acceptors (Lipinski definition) is 3. The summed E-state index contributed by atoms with van der Waals surface area (Å²) in [7, 11) is 1.69. The highest BCUT2D eigenvalue weighted by Crippen LogP contribution is 2.25. The van der Waals surface area contributed by atoms with Crippen molar-refractivity contribution in [3.05, 3.63) is 58.3 Å². The maximum atomic E-state index is 5.45. The second-order valence-electron chi connectivity index (χ2n) is 4.93. The third-order valence-corrected chi connectivity index (χ3v) is 3.87. The molecule has 1 aromatic carbocycles. The molecule has 0 aliphatic heterocycles. The normalized spacial score (nSPS) is 12.1. The van der Waals surface area contributed by atoms with Crippen molar-refractivity contribution in [2.75, 3.05) is 13.7 Å². The summed E-state index contributed by atoms with van der Waals surface area (Å²) in [6, 6.07) is 12.4. The second-order valence-corrected chi connectivity index (χ2v) is 5.84. The van der Waals surface area contributed by atoms with Gasteiger partial charge in [0, 0.05) is 10.7 Å². The van der Waals surface area contributed by atoms with Gasteiger partial charge in [-0.25, -0.2) is 0 Å². The van der Waals surface area contributed by atoms with E-state index in [1.165, 1.54) is 5.56 Å².